The van der Waals surface area contributed by atoms with Gasteiger partial charge in [0.15, 0.2) is 0 Å². The number of nitrogens with zero attached hydrogens (tertiary/aromatic N) is 3. The predicted octanol–water partition coefficient (Wildman–Crippen LogP) is 12.9. The van der Waals surface area contributed by atoms with Crippen molar-refractivity contribution in [1.29, 1.82) is 0 Å². The monoisotopic (exact) mass is 659 g/mol. The molecule has 0 saturated carbocycles. The van der Waals surface area contributed by atoms with Gasteiger partial charge in [0.05, 0.1) is 16.7 Å². The molecule has 0 aliphatic rings. The third-order valence-electron chi connectivity index (χ3n) is 10.6. The van der Waals surface area contributed by atoms with Crippen molar-refractivity contribution in [1.82, 2.24) is 15.0 Å². The lowest BCUT2D eigenvalue weighted by molar-refractivity contribution is 1.36. The summed E-state index contributed by atoms with van der Waals surface area (Å²) < 4.78 is 0. The Morgan fingerprint density at radius 2 is 1.06 bits per heavy atom. The van der Waals surface area contributed by atoms with Gasteiger partial charge in [-0.15, -0.1) is 0 Å². The van der Waals surface area contributed by atoms with Crippen LogP contribution in [0.25, 0.3) is 110 Å². The summed E-state index contributed by atoms with van der Waals surface area (Å²) in [7, 11) is 0. The Morgan fingerprint density at radius 3 is 1.96 bits per heavy atom. The lowest BCUT2D eigenvalue weighted by atomic mass is 9.87. The highest BCUT2D eigenvalue weighted by atomic mass is 14.8. The molecule has 3 nitrogen and oxygen atoms in total. The molecule has 0 aliphatic carbocycles. The third kappa shape index (κ3) is 4.57. The van der Waals surface area contributed by atoms with Crippen LogP contribution in [0.4, 0.5) is 0 Å². The quantitative estimate of drug-likeness (QED) is 0.177. The molecule has 3 heterocycles. The standard InChI is InChI=1S/C49H29N3/c1-2-6-31(7-3-1)45-19-18-34-15-17-37-23-42(29-51-48(37)49(34)52-45)39-24-38(35-16-12-30-20-21-50-28-41(30)22-35)25-40(26-39)44-27-36-10-4-8-32-13-14-33-9-5-11-43(44)47(33)46(32)36/h1-29H. The Kier molecular flexibility index (Phi) is 6.25. The topological polar surface area (TPSA) is 38.7 Å². The van der Waals surface area contributed by atoms with Crippen LogP contribution in [0.2, 0.25) is 0 Å². The van der Waals surface area contributed by atoms with Gasteiger partial charge < -0.3 is 0 Å². The molecule has 0 aliphatic heterocycles. The zero-order valence-electron chi connectivity index (χ0n) is 28.1. The summed E-state index contributed by atoms with van der Waals surface area (Å²) in [4.78, 5) is 14.6. The number of hydrogen-bond donors (Lipinski definition) is 0. The SMILES string of the molecule is c1ccc(-c2ccc3ccc4cc(-c5cc(-c6ccc7ccncc7c6)cc(-c6cc7cccc8ccc9cccc6c9c87)c5)cnc4c3n2)cc1. The van der Waals surface area contributed by atoms with Gasteiger partial charge in [-0.1, -0.05) is 109 Å². The summed E-state index contributed by atoms with van der Waals surface area (Å²) in [5, 5.41) is 12.1. The van der Waals surface area contributed by atoms with Crippen molar-refractivity contribution in [3.05, 3.63) is 176 Å². The molecule has 0 atom stereocenters. The van der Waals surface area contributed by atoms with E-state index in [-0.39, 0.29) is 0 Å². The van der Waals surface area contributed by atoms with Gasteiger partial charge in [-0.3, -0.25) is 9.97 Å². The molecule has 0 fully saturated rings. The molecule has 0 unspecified atom stereocenters. The minimum atomic E-state index is 0.906. The molecule has 0 saturated heterocycles. The summed E-state index contributed by atoms with van der Waals surface area (Å²) in [5.41, 5.74) is 10.7. The molecular formula is C49H29N3. The van der Waals surface area contributed by atoms with E-state index in [1.807, 2.05) is 24.7 Å². The van der Waals surface area contributed by atoms with Crippen LogP contribution >= 0.6 is 0 Å². The zero-order chi connectivity index (χ0) is 34.2. The Bertz CT molecular complexity index is 3180. The van der Waals surface area contributed by atoms with Gasteiger partial charge in [-0.05, 0) is 114 Å². The highest BCUT2D eigenvalue weighted by Gasteiger charge is 2.16. The van der Waals surface area contributed by atoms with Gasteiger partial charge in [0.25, 0.3) is 0 Å². The largest absolute Gasteiger partial charge is 0.264 e. The second-order valence-corrected chi connectivity index (χ2v) is 13.7. The van der Waals surface area contributed by atoms with E-state index in [2.05, 4.69) is 157 Å². The van der Waals surface area contributed by atoms with Crippen molar-refractivity contribution < 1.29 is 0 Å². The van der Waals surface area contributed by atoms with Gasteiger partial charge in [-0.25, -0.2) is 4.98 Å². The van der Waals surface area contributed by atoms with Crippen LogP contribution in [0, 0.1) is 0 Å². The molecule has 3 heteroatoms. The van der Waals surface area contributed by atoms with Gasteiger partial charge in [0, 0.05) is 45.9 Å². The maximum absolute atomic E-state index is 5.11. The molecule has 0 amide bonds. The molecule has 52 heavy (non-hydrogen) atoms. The number of pyridine rings is 3. The number of fused-ring (bicyclic) bond motifs is 4. The van der Waals surface area contributed by atoms with E-state index >= 15 is 0 Å². The first kappa shape index (κ1) is 28.8. The normalized spacial score (nSPS) is 11.8. The first-order chi connectivity index (χ1) is 25.7. The Balaban J connectivity index is 1.14. The molecule has 0 spiro atoms. The van der Waals surface area contributed by atoms with Crippen LogP contribution < -0.4 is 0 Å². The number of rotatable bonds is 4. The first-order valence-corrected chi connectivity index (χ1v) is 17.7. The Morgan fingerprint density at radius 1 is 0.346 bits per heavy atom. The summed E-state index contributed by atoms with van der Waals surface area (Å²) in [5.74, 6) is 0. The zero-order valence-corrected chi connectivity index (χ0v) is 28.1. The van der Waals surface area contributed by atoms with Crippen LogP contribution in [-0.2, 0) is 0 Å². The van der Waals surface area contributed by atoms with E-state index in [9.17, 15) is 0 Å². The fourth-order valence-corrected chi connectivity index (χ4v) is 8.09. The predicted molar refractivity (Wildman–Crippen MR) is 218 cm³/mol. The first-order valence-electron chi connectivity index (χ1n) is 17.7. The number of hydrogen-bond acceptors (Lipinski definition) is 3. The summed E-state index contributed by atoms with van der Waals surface area (Å²) in [6.45, 7) is 0. The van der Waals surface area contributed by atoms with Crippen molar-refractivity contribution >= 4 is 64.9 Å². The van der Waals surface area contributed by atoms with Crippen LogP contribution in [0.15, 0.2) is 176 Å². The van der Waals surface area contributed by atoms with Gasteiger partial charge in [0.1, 0.15) is 0 Å². The molecule has 0 N–H and O–H groups in total. The van der Waals surface area contributed by atoms with Crippen molar-refractivity contribution in [3.8, 4) is 44.6 Å². The van der Waals surface area contributed by atoms with Crippen molar-refractivity contribution in [3.63, 3.8) is 0 Å². The van der Waals surface area contributed by atoms with E-state index in [4.69, 9.17) is 9.97 Å². The molecule has 3 aromatic heterocycles. The smallest absolute Gasteiger partial charge is 0.0972 e. The lowest BCUT2D eigenvalue weighted by Gasteiger charge is -2.17. The van der Waals surface area contributed by atoms with Crippen molar-refractivity contribution in [2.45, 2.75) is 0 Å². The lowest BCUT2D eigenvalue weighted by Crippen LogP contribution is -1.92. The summed E-state index contributed by atoms with van der Waals surface area (Å²) in [6.07, 6.45) is 5.81. The van der Waals surface area contributed by atoms with E-state index in [1.54, 1.807) is 0 Å². The second-order valence-electron chi connectivity index (χ2n) is 13.7. The molecule has 11 rings (SSSR count). The molecular weight excluding hydrogens is 631 g/mol. The summed E-state index contributed by atoms with van der Waals surface area (Å²) >= 11 is 0. The van der Waals surface area contributed by atoms with Crippen LogP contribution in [0.1, 0.15) is 0 Å². The van der Waals surface area contributed by atoms with E-state index < -0.39 is 0 Å². The Labute approximate surface area is 299 Å². The number of benzene rings is 8. The van der Waals surface area contributed by atoms with Crippen molar-refractivity contribution in [2.24, 2.45) is 0 Å². The third-order valence-corrected chi connectivity index (χ3v) is 10.6. The second kappa shape index (κ2) is 11.3. The van der Waals surface area contributed by atoms with E-state index in [1.165, 1.54) is 48.8 Å². The molecule has 0 bridgehead atoms. The Hall–Kier alpha value is -6.97. The molecule has 11 aromatic rings. The maximum Gasteiger partial charge on any atom is 0.0972 e. The fraction of sp³-hybridized carbons (Fsp3) is 0. The number of aromatic nitrogens is 3. The minimum Gasteiger partial charge on any atom is -0.264 e. The average Bonchev–Trinajstić information content (AvgIpc) is 3.22. The highest BCUT2D eigenvalue weighted by molar-refractivity contribution is 6.26. The minimum absolute atomic E-state index is 0.906. The fourth-order valence-electron chi connectivity index (χ4n) is 8.09. The van der Waals surface area contributed by atoms with Crippen LogP contribution in [0.3, 0.4) is 0 Å². The van der Waals surface area contributed by atoms with Gasteiger partial charge >= 0.3 is 0 Å². The van der Waals surface area contributed by atoms with E-state index in [0.717, 1.165) is 60.7 Å². The van der Waals surface area contributed by atoms with E-state index in [0.29, 0.717) is 0 Å². The van der Waals surface area contributed by atoms with Gasteiger partial charge in [0.2, 0.25) is 0 Å². The average molecular weight is 660 g/mol. The summed E-state index contributed by atoms with van der Waals surface area (Å²) in [6, 6.07) is 57.0. The van der Waals surface area contributed by atoms with Crippen LogP contribution in [0.5, 0.6) is 0 Å². The highest BCUT2D eigenvalue weighted by Crippen LogP contribution is 2.43. The van der Waals surface area contributed by atoms with Crippen LogP contribution in [-0.4, -0.2) is 15.0 Å². The molecule has 240 valence electrons. The van der Waals surface area contributed by atoms with Crippen molar-refractivity contribution in [2.75, 3.05) is 0 Å². The molecule has 8 aromatic carbocycles. The van der Waals surface area contributed by atoms with Gasteiger partial charge in [-0.2, -0.15) is 0 Å². The maximum atomic E-state index is 5.11. The molecule has 0 radical (unpaired) electrons.